The minimum atomic E-state index is -5.15. The number of aryl methyl sites for hydroxylation is 1. The number of esters is 1. The molecule has 9 heteroatoms. The number of carbonyl (C=O) groups is 1. The number of nitrogens with zero attached hydrogens (tertiary/aromatic N) is 2. The average molecular weight is 357 g/mol. The highest BCUT2D eigenvalue weighted by Crippen LogP contribution is 2.44. The van der Waals surface area contributed by atoms with Crippen LogP contribution in [0.15, 0.2) is 42.7 Å². The number of ether oxygens (including phenoxy) is 1. The molecule has 0 aliphatic heterocycles. The summed E-state index contributed by atoms with van der Waals surface area (Å²) in [5.41, 5.74) is -3.01. The van der Waals surface area contributed by atoms with Crippen LogP contribution in [0.5, 0.6) is 0 Å². The smallest absolute Gasteiger partial charge is 0.425 e. The maximum Gasteiger partial charge on any atom is 0.425 e. The highest BCUT2D eigenvalue weighted by Gasteiger charge is 2.64. The van der Waals surface area contributed by atoms with Crippen molar-refractivity contribution in [1.82, 2.24) is 9.55 Å². The number of para-hydroxylation sites is 1. The predicted octanol–water partition coefficient (Wildman–Crippen LogP) is 2.07. The SMILES string of the molecule is COC(=O)C(CNc1ccccc1)C(O)(c1nccn1C)C(F)(F)F. The van der Waals surface area contributed by atoms with Crippen LogP contribution in [0, 0.1) is 5.92 Å². The number of aromatic nitrogens is 2. The van der Waals surface area contributed by atoms with Crippen molar-refractivity contribution < 1.29 is 27.8 Å². The molecule has 2 aromatic rings. The molecule has 2 rings (SSSR count). The maximum atomic E-state index is 13.8. The Kier molecular flexibility index (Phi) is 5.36. The van der Waals surface area contributed by atoms with Gasteiger partial charge in [-0.3, -0.25) is 4.79 Å². The summed E-state index contributed by atoms with van der Waals surface area (Å²) >= 11 is 0. The van der Waals surface area contributed by atoms with E-state index in [0.29, 0.717) is 5.69 Å². The van der Waals surface area contributed by atoms with Gasteiger partial charge < -0.3 is 19.7 Å². The fraction of sp³-hybridized carbons (Fsp3) is 0.375. The molecule has 1 heterocycles. The zero-order chi connectivity index (χ0) is 18.7. The monoisotopic (exact) mass is 357 g/mol. The van der Waals surface area contributed by atoms with Crippen molar-refractivity contribution in [3.63, 3.8) is 0 Å². The molecule has 0 bridgehead atoms. The van der Waals surface area contributed by atoms with E-state index in [0.717, 1.165) is 17.9 Å². The van der Waals surface area contributed by atoms with Crippen LogP contribution < -0.4 is 5.32 Å². The molecule has 0 saturated carbocycles. The van der Waals surface area contributed by atoms with Gasteiger partial charge in [0, 0.05) is 31.7 Å². The summed E-state index contributed by atoms with van der Waals surface area (Å²) in [7, 11) is 2.27. The fourth-order valence-electron chi connectivity index (χ4n) is 2.53. The summed E-state index contributed by atoms with van der Waals surface area (Å²) in [5, 5.41) is 13.3. The van der Waals surface area contributed by atoms with Gasteiger partial charge in [0.05, 0.1) is 7.11 Å². The lowest BCUT2D eigenvalue weighted by molar-refractivity contribution is -0.288. The molecule has 0 spiro atoms. The molecule has 0 aliphatic carbocycles. The van der Waals surface area contributed by atoms with E-state index in [1.165, 1.54) is 13.2 Å². The minimum Gasteiger partial charge on any atom is -0.469 e. The van der Waals surface area contributed by atoms with Gasteiger partial charge in [0.15, 0.2) is 5.82 Å². The molecule has 0 saturated heterocycles. The van der Waals surface area contributed by atoms with Gasteiger partial charge in [-0.1, -0.05) is 18.2 Å². The van der Waals surface area contributed by atoms with Gasteiger partial charge in [-0.2, -0.15) is 13.2 Å². The average Bonchev–Trinajstić information content (AvgIpc) is 3.00. The zero-order valence-electron chi connectivity index (χ0n) is 13.6. The number of benzene rings is 1. The van der Waals surface area contributed by atoms with E-state index in [2.05, 4.69) is 15.0 Å². The molecule has 136 valence electrons. The van der Waals surface area contributed by atoms with Crippen molar-refractivity contribution in [2.45, 2.75) is 11.8 Å². The molecule has 0 fully saturated rings. The lowest BCUT2D eigenvalue weighted by Gasteiger charge is -2.35. The summed E-state index contributed by atoms with van der Waals surface area (Å²) in [6.07, 6.45) is -2.78. The normalized spacial score (nSPS) is 15.3. The minimum absolute atomic E-state index is 0.500. The molecule has 1 aromatic carbocycles. The molecular formula is C16H18F3N3O3. The van der Waals surface area contributed by atoms with Crippen LogP contribution in [0.3, 0.4) is 0 Å². The van der Waals surface area contributed by atoms with E-state index >= 15 is 0 Å². The first kappa shape index (κ1) is 18.8. The molecule has 0 radical (unpaired) electrons. The van der Waals surface area contributed by atoms with Gasteiger partial charge in [-0.05, 0) is 12.1 Å². The van der Waals surface area contributed by atoms with E-state index in [4.69, 9.17) is 0 Å². The fourth-order valence-corrected chi connectivity index (χ4v) is 2.53. The van der Waals surface area contributed by atoms with Gasteiger partial charge in [-0.25, -0.2) is 4.98 Å². The first-order valence-electron chi connectivity index (χ1n) is 7.35. The lowest BCUT2D eigenvalue weighted by Crippen LogP contribution is -2.55. The van der Waals surface area contributed by atoms with Gasteiger partial charge in [0.1, 0.15) is 5.92 Å². The van der Waals surface area contributed by atoms with Crippen molar-refractivity contribution in [2.24, 2.45) is 13.0 Å². The number of methoxy groups -OCH3 is 1. The predicted molar refractivity (Wildman–Crippen MR) is 83.6 cm³/mol. The third-order valence-electron chi connectivity index (χ3n) is 3.87. The number of imidazole rings is 1. The number of nitrogens with one attached hydrogen (secondary N) is 1. The third kappa shape index (κ3) is 3.60. The summed E-state index contributed by atoms with van der Waals surface area (Å²) in [5.74, 6) is -3.85. The van der Waals surface area contributed by atoms with Crippen LogP contribution in [-0.2, 0) is 22.2 Å². The van der Waals surface area contributed by atoms with E-state index in [-0.39, 0.29) is 0 Å². The molecule has 0 aliphatic rings. The van der Waals surface area contributed by atoms with Crippen molar-refractivity contribution in [3.05, 3.63) is 48.5 Å². The Morgan fingerprint density at radius 3 is 2.48 bits per heavy atom. The second-order valence-electron chi connectivity index (χ2n) is 5.45. The standard InChI is InChI=1S/C16H18F3N3O3/c1-22-9-8-20-14(22)15(24,16(17,18)19)12(13(23)25-2)10-21-11-6-4-3-5-7-11/h3-9,12,21,24H,10H2,1-2H3. The van der Waals surface area contributed by atoms with Crippen LogP contribution in [0.2, 0.25) is 0 Å². The Labute approximate surface area is 142 Å². The molecule has 1 aromatic heterocycles. The van der Waals surface area contributed by atoms with Crippen molar-refractivity contribution in [3.8, 4) is 0 Å². The van der Waals surface area contributed by atoms with Gasteiger partial charge in [-0.15, -0.1) is 0 Å². The van der Waals surface area contributed by atoms with Crippen LogP contribution in [-0.4, -0.2) is 40.5 Å². The Hall–Kier alpha value is -2.55. The van der Waals surface area contributed by atoms with E-state index < -0.39 is 36.0 Å². The highest BCUT2D eigenvalue weighted by molar-refractivity contribution is 5.75. The molecule has 25 heavy (non-hydrogen) atoms. The Bertz CT molecular complexity index is 718. The van der Waals surface area contributed by atoms with Crippen molar-refractivity contribution >= 4 is 11.7 Å². The maximum absolute atomic E-state index is 13.8. The van der Waals surface area contributed by atoms with Gasteiger partial charge in [0.2, 0.25) is 5.60 Å². The zero-order valence-corrected chi connectivity index (χ0v) is 13.6. The van der Waals surface area contributed by atoms with Gasteiger partial charge in [0.25, 0.3) is 0 Å². The van der Waals surface area contributed by atoms with Crippen molar-refractivity contribution in [2.75, 3.05) is 19.0 Å². The third-order valence-corrected chi connectivity index (χ3v) is 3.87. The van der Waals surface area contributed by atoms with Crippen molar-refractivity contribution in [1.29, 1.82) is 0 Å². The van der Waals surface area contributed by atoms with Gasteiger partial charge >= 0.3 is 12.1 Å². The molecule has 2 N–H and O–H groups in total. The molecular weight excluding hydrogens is 339 g/mol. The highest BCUT2D eigenvalue weighted by atomic mass is 19.4. The first-order valence-corrected chi connectivity index (χ1v) is 7.35. The number of halogens is 3. The Morgan fingerprint density at radius 2 is 2.00 bits per heavy atom. The van der Waals surface area contributed by atoms with E-state index in [1.807, 2.05) is 0 Å². The van der Waals surface area contributed by atoms with E-state index in [1.54, 1.807) is 30.3 Å². The molecule has 2 atom stereocenters. The summed E-state index contributed by atoms with van der Waals surface area (Å²) in [4.78, 5) is 15.7. The summed E-state index contributed by atoms with van der Waals surface area (Å²) in [6, 6.07) is 8.36. The number of aliphatic hydroxyl groups is 1. The second-order valence-corrected chi connectivity index (χ2v) is 5.45. The molecule has 6 nitrogen and oxygen atoms in total. The topological polar surface area (TPSA) is 76.4 Å². The quantitative estimate of drug-likeness (QED) is 0.774. The molecule has 2 unspecified atom stereocenters. The van der Waals surface area contributed by atoms with Crippen LogP contribution in [0.25, 0.3) is 0 Å². The summed E-state index contributed by atoms with van der Waals surface area (Å²) in [6.45, 7) is -0.500. The number of carbonyl (C=O) groups excluding carboxylic acids is 1. The Morgan fingerprint density at radius 1 is 1.36 bits per heavy atom. The first-order chi connectivity index (χ1) is 11.7. The number of anilines is 1. The summed E-state index contributed by atoms with van der Waals surface area (Å²) < 4.78 is 46.9. The second kappa shape index (κ2) is 7.14. The Balaban J connectivity index is 2.44. The number of hydrogen-bond donors (Lipinski definition) is 2. The van der Waals surface area contributed by atoms with Crippen LogP contribution in [0.4, 0.5) is 18.9 Å². The molecule has 0 amide bonds. The van der Waals surface area contributed by atoms with E-state index in [9.17, 15) is 23.1 Å². The van der Waals surface area contributed by atoms with Crippen LogP contribution in [0.1, 0.15) is 5.82 Å². The number of rotatable bonds is 6. The van der Waals surface area contributed by atoms with Crippen LogP contribution >= 0.6 is 0 Å². The lowest BCUT2D eigenvalue weighted by atomic mass is 9.85. The number of hydrogen-bond acceptors (Lipinski definition) is 5. The largest absolute Gasteiger partial charge is 0.469 e. The number of alkyl halides is 3.